The normalized spacial score (nSPS) is 26.4. The average Bonchev–Trinajstić information content (AvgIpc) is 3.40. The lowest BCUT2D eigenvalue weighted by atomic mass is 9.76. The summed E-state index contributed by atoms with van der Waals surface area (Å²) in [6.45, 7) is 11.0. The summed E-state index contributed by atoms with van der Waals surface area (Å²) in [4.78, 5) is 29.6. The van der Waals surface area contributed by atoms with Crippen LogP contribution in [0.4, 0.5) is 19.0 Å². The van der Waals surface area contributed by atoms with Gasteiger partial charge in [0.25, 0.3) is 0 Å². The third kappa shape index (κ3) is 7.49. The first-order valence-electron chi connectivity index (χ1n) is 16.2. The second-order valence-electron chi connectivity index (χ2n) is 13.3. The van der Waals surface area contributed by atoms with Crippen LogP contribution in [0.25, 0.3) is 5.65 Å². The van der Waals surface area contributed by atoms with Crippen LogP contribution in [0.1, 0.15) is 114 Å². The van der Waals surface area contributed by atoms with Crippen LogP contribution in [-0.4, -0.2) is 69.1 Å². The van der Waals surface area contributed by atoms with Crippen molar-refractivity contribution < 1.29 is 33.0 Å². The van der Waals surface area contributed by atoms with E-state index in [-0.39, 0.29) is 30.6 Å². The number of alkyl halides is 3. The van der Waals surface area contributed by atoms with E-state index < -0.39 is 29.4 Å². The molecule has 4 heterocycles. The molecule has 1 saturated carbocycles. The maximum Gasteiger partial charge on any atom is 0.391 e. The predicted octanol–water partition coefficient (Wildman–Crippen LogP) is 6.54. The topological polar surface area (TPSA) is 120 Å². The first kappa shape index (κ1) is 34.0. The van der Waals surface area contributed by atoms with E-state index in [9.17, 15) is 27.9 Å². The number of nitrogens with one attached hydrogen (secondary N) is 1. The molecule has 0 spiro atoms. The van der Waals surface area contributed by atoms with E-state index in [0.29, 0.717) is 44.4 Å². The first-order valence-corrected chi connectivity index (χ1v) is 16.2. The Morgan fingerprint density at radius 2 is 1.84 bits per heavy atom. The quantitative estimate of drug-likeness (QED) is 0.318. The molecule has 2 aromatic rings. The van der Waals surface area contributed by atoms with Crippen molar-refractivity contribution in [2.45, 2.75) is 110 Å². The van der Waals surface area contributed by atoms with Crippen molar-refractivity contribution in [3.05, 3.63) is 23.0 Å². The van der Waals surface area contributed by atoms with Crippen LogP contribution in [-0.2, 0) is 9.59 Å². The van der Waals surface area contributed by atoms with E-state index in [2.05, 4.69) is 24.1 Å². The number of carbonyl (C=O) groups is 2. The Balaban J connectivity index is 0.000000421. The summed E-state index contributed by atoms with van der Waals surface area (Å²) in [6, 6.07) is 1.92. The van der Waals surface area contributed by atoms with Crippen LogP contribution in [0.5, 0.6) is 0 Å². The molecule has 246 valence electrons. The highest BCUT2D eigenvalue weighted by atomic mass is 19.4. The summed E-state index contributed by atoms with van der Waals surface area (Å²) >= 11 is 0. The zero-order valence-corrected chi connectivity index (χ0v) is 26.4. The molecule has 2 aromatic heterocycles. The molecule has 2 saturated heterocycles. The molecule has 5 rings (SSSR count). The Hall–Kier alpha value is -2.89. The van der Waals surface area contributed by atoms with Gasteiger partial charge in [-0.25, -0.2) is 4.98 Å². The molecule has 12 heteroatoms. The number of aliphatic carboxylic acids is 2. The number of hydrogen-bond donors (Lipinski definition) is 3. The van der Waals surface area contributed by atoms with Gasteiger partial charge in [0.1, 0.15) is 5.82 Å². The molecule has 0 bridgehead atoms. The number of fused-ring (bicyclic) bond motifs is 1. The summed E-state index contributed by atoms with van der Waals surface area (Å²) in [5, 5.41) is 26.6. The predicted molar refractivity (Wildman–Crippen MR) is 162 cm³/mol. The van der Waals surface area contributed by atoms with Crippen molar-refractivity contribution >= 4 is 23.4 Å². The zero-order chi connectivity index (χ0) is 32.2. The number of carboxylic acids is 2. The van der Waals surface area contributed by atoms with Crippen molar-refractivity contribution in [1.29, 1.82) is 0 Å². The number of carboxylic acid groups (broad SMARTS) is 2. The van der Waals surface area contributed by atoms with Crippen LogP contribution in [0.2, 0.25) is 0 Å². The van der Waals surface area contributed by atoms with Gasteiger partial charge in [0.2, 0.25) is 0 Å². The van der Waals surface area contributed by atoms with Crippen molar-refractivity contribution in [2.75, 3.05) is 31.1 Å². The van der Waals surface area contributed by atoms with Crippen molar-refractivity contribution in [3.63, 3.8) is 0 Å². The lowest BCUT2D eigenvalue weighted by Crippen LogP contribution is -2.49. The smallest absolute Gasteiger partial charge is 0.391 e. The molecule has 1 unspecified atom stereocenters. The number of piperidine rings is 2. The van der Waals surface area contributed by atoms with Crippen LogP contribution in [0.15, 0.2) is 6.07 Å². The van der Waals surface area contributed by atoms with Crippen LogP contribution >= 0.6 is 0 Å². The molecular formula is C32H48F3N5O4. The van der Waals surface area contributed by atoms with Crippen molar-refractivity contribution in [2.24, 2.45) is 17.3 Å². The SMILES string of the molecule is CCC[C@@]1(C(=O)O)CCCN(c2c(C(C)C)c(C)nc3cc(C4CCC(C(F)(F)F)CC4)nn23)C1.O=C(O)C1CCCNC1. The van der Waals surface area contributed by atoms with Crippen molar-refractivity contribution in [3.8, 4) is 0 Å². The van der Waals surface area contributed by atoms with Gasteiger partial charge in [0, 0.05) is 42.9 Å². The van der Waals surface area contributed by atoms with E-state index in [1.807, 2.05) is 24.4 Å². The number of aromatic nitrogens is 3. The fourth-order valence-electron chi connectivity index (χ4n) is 7.37. The van der Waals surface area contributed by atoms with Gasteiger partial charge < -0.3 is 20.4 Å². The standard InChI is InChI=1S/C26H37F3N4O2.C6H11NO2/c1-5-11-25(24(34)35)12-6-13-32(15-25)23-22(16(2)3)17(4)30-21-14-20(31-33(21)23)18-7-9-19(10-8-18)26(27,28)29;8-6(9)5-2-1-3-7-4-5/h14,16,18-19H,5-13,15H2,1-4H3,(H,34,35);5,7H,1-4H2,(H,8,9)/t18?,19?,25-;/m1./s1. The second-order valence-corrected chi connectivity index (χ2v) is 13.3. The minimum Gasteiger partial charge on any atom is -0.481 e. The molecule has 0 aromatic carbocycles. The Bertz CT molecular complexity index is 1300. The molecule has 3 N–H and O–H groups in total. The monoisotopic (exact) mass is 623 g/mol. The molecule has 1 aliphatic carbocycles. The number of rotatable bonds is 7. The summed E-state index contributed by atoms with van der Waals surface area (Å²) in [5.74, 6) is -1.76. The molecule has 0 radical (unpaired) electrons. The summed E-state index contributed by atoms with van der Waals surface area (Å²) in [6.07, 6.45) is 1.73. The largest absolute Gasteiger partial charge is 0.481 e. The maximum absolute atomic E-state index is 13.2. The van der Waals surface area contributed by atoms with Gasteiger partial charge in [0.15, 0.2) is 5.65 Å². The minimum atomic E-state index is -4.13. The van der Waals surface area contributed by atoms with Gasteiger partial charge >= 0.3 is 18.1 Å². The fraction of sp³-hybridized carbons (Fsp3) is 0.750. The van der Waals surface area contributed by atoms with E-state index >= 15 is 0 Å². The van der Waals surface area contributed by atoms with E-state index in [1.165, 1.54) is 0 Å². The van der Waals surface area contributed by atoms with Crippen LogP contribution < -0.4 is 10.2 Å². The summed E-state index contributed by atoms with van der Waals surface area (Å²) < 4.78 is 41.3. The highest BCUT2D eigenvalue weighted by Crippen LogP contribution is 2.44. The van der Waals surface area contributed by atoms with Gasteiger partial charge in [0.05, 0.1) is 22.9 Å². The molecule has 0 amide bonds. The van der Waals surface area contributed by atoms with Crippen LogP contribution in [0, 0.1) is 24.2 Å². The van der Waals surface area contributed by atoms with Crippen LogP contribution in [0.3, 0.4) is 0 Å². The van der Waals surface area contributed by atoms with Gasteiger partial charge in [-0.1, -0.05) is 27.2 Å². The zero-order valence-electron chi connectivity index (χ0n) is 26.4. The molecule has 2 aliphatic heterocycles. The van der Waals surface area contributed by atoms with Gasteiger partial charge in [-0.3, -0.25) is 9.59 Å². The molecule has 44 heavy (non-hydrogen) atoms. The highest BCUT2D eigenvalue weighted by molar-refractivity contribution is 5.76. The Kier molecular flexibility index (Phi) is 10.8. The fourth-order valence-corrected chi connectivity index (χ4v) is 7.37. The molecule has 3 aliphatic rings. The van der Waals surface area contributed by atoms with Gasteiger partial charge in [-0.15, -0.1) is 0 Å². The highest BCUT2D eigenvalue weighted by Gasteiger charge is 2.44. The summed E-state index contributed by atoms with van der Waals surface area (Å²) in [5.41, 5.74) is 2.60. The molecule has 9 nitrogen and oxygen atoms in total. The first-order chi connectivity index (χ1) is 20.8. The third-order valence-electron chi connectivity index (χ3n) is 9.71. The molecular weight excluding hydrogens is 575 g/mol. The third-order valence-corrected chi connectivity index (χ3v) is 9.71. The molecule has 2 atom stereocenters. The summed E-state index contributed by atoms with van der Waals surface area (Å²) in [7, 11) is 0. The van der Waals surface area contributed by atoms with E-state index in [0.717, 1.165) is 61.5 Å². The van der Waals surface area contributed by atoms with Gasteiger partial charge in [-0.05, 0) is 77.2 Å². The number of nitrogens with zero attached hydrogens (tertiary/aromatic N) is 4. The lowest BCUT2D eigenvalue weighted by molar-refractivity contribution is -0.182. The molecule has 3 fully saturated rings. The number of hydrogen-bond acceptors (Lipinski definition) is 6. The van der Waals surface area contributed by atoms with E-state index in [4.69, 9.17) is 15.2 Å². The van der Waals surface area contributed by atoms with Gasteiger partial charge in [-0.2, -0.15) is 22.8 Å². The number of halogens is 3. The minimum absolute atomic E-state index is 0.0227. The average molecular weight is 624 g/mol. The Morgan fingerprint density at radius 3 is 2.36 bits per heavy atom. The Morgan fingerprint density at radius 1 is 1.14 bits per heavy atom. The van der Waals surface area contributed by atoms with Crippen molar-refractivity contribution in [1.82, 2.24) is 19.9 Å². The Labute approximate surface area is 257 Å². The number of aryl methyl sites for hydroxylation is 1. The lowest BCUT2D eigenvalue weighted by Gasteiger charge is -2.42. The number of anilines is 1. The van der Waals surface area contributed by atoms with E-state index in [1.54, 1.807) is 0 Å². The second kappa shape index (κ2) is 14.0. The maximum atomic E-state index is 13.2.